The van der Waals surface area contributed by atoms with E-state index in [-0.39, 0.29) is 0 Å². The van der Waals surface area contributed by atoms with Gasteiger partial charge < -0.3 is 15.2 Å². The molecule has 0 spiro atoms. The molecular weight excluding hydrogens is 262 g/mol. The molecule has 0 bridgehead atoms. The second-order valence-electron chi connectivity index (χ2n) is 4.64. The number of nitrogens with two attached hydrogens (primary N) is 1. The quantitative estimate of drug-likeness (QED) is 0.876. The minimum absolute atomic E-state index is 0.327. The molecule has 3 nitrogen and oxygen atoms in total. The maximum atomic E-state index is 5.77. The van der Waals surface area contributed by atoms with Gasteiger partial charge in [-0.1, -0.05) is 35.6 Å². The molecule has 2 N–H and O–H groups in total. The first kappa shape index (κ1) is 15.0. The Hall–Kier alpha value is -2.44. The normalized spacial score (nSPS) is 9.67. The Balaban J connectivity index is 2.11. The van der Waals surface area contributed by atoms with E-state index in [1.165, 1.54) is 5.56 Å². The highest BCUT2D eigenvalue weighted by molar-refractivity contribution is 5.48. The third-order valence-electron chi connectivity index (χ3n) is 3.02. The highest BCUT2D eigenvalue weighted by Crippen LogP contribution is 2.20. The molecule has 0 aliphatic carbocycles. The van der Waals surface area contributed by atoms with E-state index in [1.807, 2.05) is 42.5 Å². The summed E-state index contributed by atoms with van der Waals surface area (Å²) in [5.41, 5.74) is 8.49. The zero-order valence-corrected chi connectivity index (χ0v) is 12.3. The average Bonchev–Trinajstić information content (AvgIpc) is 2.52. The van der Waals surface area contributed by atoms with Crippen molar-refractivity contribution in [2.75, 3.05) is 13.7 Å². The third-order valence-corrected chi connectivity index (χ3v) is 3.02. The lowest BCUT2D eigenvalue weighted by atomic mass is 10.1. The average molecular weight is 281 g/mol. The summed E-state index contributed by atoms with van der Waals surface area (Å²) in [6, 6.07) is 13.8. The number of benzene rings is 2. The highest BCUT2D eigenvalue weighted by atomic mass is 16.5. The van der Waals surface area contributed by atoms with Crippen LogP contribution in [-0.4, -0.2) is 13.7 Å². The Kier molecular flexibility index (Phi) is 5.25. The number of ether oxygens (including phenoxy) is 2. The van der Waals surface area contributed by atoms with E-state index in [0.717, 1.165) is 22.6 Å². The molecule has 0 aliphatic rings. The van der Waals surface area contributed by atoms with Crippen molar-refractivity contribution in [3.8, 4) is 23.3 Å². The monoisotopic (exact) mass is 281 g/mol. The van der Waals surface area contributed by atoms with Crippen molar-refractivity contribution in [3.63, 3.8) is 0 Å². The Morgan fingerprint density at radius 1 is 1.10 bits per heavy atom. The van der Waals surface area contributed by atoms with E-state index in [0.29, 0.717) is 13.2 Å². The molecule has 2 rings (SSSR count). The summed E-state index contributed by atoms with van der Waals surface area (Å²) in [6.07, 6.45) is 0. The Morgan fingerprint density at radius 3 is 2.52 bits per heavy atom. The molecular formula is C18H19NO2. The van der Waals surface area contributed by atoms with Crippen molar-refractivity contribution in [1.29, 1.82) is 0 Å². The Labute approximate surface area is 125 Å². The summed E-state index contributed by atoms with van der Waals surface area (Å²) in [4.78, 5) is 0. The van der Waals surface area contributed by atoms with Crippen LogP contribution >= 0.6 is 0 Å². The fourth-order valence-electron chi connectivity index (χ4n) is 1.89. The molecule has 0 fully saturated rings. The van der Waals surface area contributed by atoms with Gasteiger partial charge in [-0.25, -0.2) is 0 Å². The molecule has 0 saturated carbocycles. The zero-order valence-electron chi connectivity index (χ0n) is 12.3. The van der Waals surface area contributed by atoms with Gasteiger partial charge in [0, 0.05) is 0 Å². The van der Waals surface area contributed by atoms with Crippen LogP contribution < -0.4 is 15.2 Å². The smallest absolute Gasteiger partial charge is 0.134 e. The van der Waals surface area contributed by atoms with Crippen molar-refractivity contribution in [2.24, 2.45) is 5.73 Å². The van der Waals surface area contributed by atoms with Crippen molar-refractivity contribution in [3.05, 3.63) is 59.2 Å². The molecule has 0 atom stereocenters. The first-order valence-electron chi connectivity index (χ1n) is 6.78. The van der Waals surface area contributed by atoms with Crippen LogP contribution in [0.2, 0.25) is 0 Å². The molecule has 0 heterocycles. The summed E-state index contributed by atoms with van der Waals surface area (Å²) in [6.45, 7) is 2.87. The van der Waals surface area contributed by atoms with Gasteiger partial charge in [0.05, 0.1) is 19.2 Å². The third kappa shape index (κ3) is 4.27. The molecule has 0 amide bonds. The summed E-state index contributed by atoms with van der Waals surface area (Å²) < 4.78 is 11.1. The predicted molar refractivity (Wildman–Crippen MR) is 84.4 cm³/mol. The topological polar surface area (TPSA) is 44.5 Å². The maximum absolute atomic E-state index is 5.77. The van der Waals surface area contributed by atoms with Crippen LogP contribution in [0.25, 0.3) is 0 Å². The number of rotatable bonds is 4. The van der Waals surface area contributed by atoms with Crippen LogP contribution in [0.4, 0.5) is 0 Å². The molecule has 3 heteroatoms. The molecule has 21 heavy (non-hydrogen) atoms. The van der Waals surface area contributed by atoms with E-state index in [2.05, 4.69) is 18.8 Å². The second kappa shape index (κ2) is 7.37. The standard InChI is InChI=1S/C18H19NO2/c1-14-5-8-17(9-6-14)21-13-15-7-10-18(20-2)16(12-15)4-3-11-19/h5-10,12H,11,13,19H2,1-2H3. The van der Waals surface area contributed by atoms with Crippen LogP contribution in [0.3, 0.4) is 0 Å². The number of hydrogen-bond acceptors (Lipinski definition) is 3. The molecule has 2 aromatic carbocycles. The first-order valence-corrected chi connectivity index (χ1v) is 6.78. The molecule has 0 unspecified atom stereocenters. The van der Waals surface area contributed by atoms with Crippen LogP contribution in [0.5, 0.6) is 11.5 Å². The largest absolute Gasteiger partial charge is 0.495 e. The van der Waals surface area contributed by atoms with Gasteiger partial charge >= 0.3 is 0 Å². The number of methoxy groups -OCH3 is 1. The number of hydrogen-bond donors (Lipinski definition) is 1. The van der Waals surface area contributed by atoms with Crippen molar-refractivity contribution in [2.45, 2.75) is 13.5 Å². The van der Waals surface area contributed by atoms with Gasteiger partial charge in [0.1, 0.15) is 18.1 Å². The summed E-state index contributed by atoms with van der Waals surface area (Å²) >= 11 is 0. The van der Waals surface area contributed by atoms with E-state index in [1.54, 1.807) is 7.11 Å². The van der Waals surface area contributed by atoms with Gasteiger partial charge in [0.25, 0.3) is 0 Å². The lowest BCUT2D eigenvalue weighted by molar-refractivity contribution is 0.306. The van der Waals surface area contributed by atoms with Gasteiger partial charge in [0.2, 0.25) is 0 Å². The predicted octanol–water partition coefficient (Wildman–Crippen LogP) is 2.89. The van der Waals surface area contributed by atoms with Crippen LogP contribution in [0.15, 0.2) is 42.5 Å². The fourth-order valence-corrected chi connectivity index (χ4v) is 1.89. The molecule has 2 aromatic rings. The maximum Gasteiger partial charge on any atom is 0.134 e. The number of aryl methyl sites for hydroxylation is 1. The molecule has 0 aliphatic heterocycles. The van der Waals surface area contributed by atoms with E-state index < -0.39 is 0 Å². The molecule has 0 aromatic heterocycles. The van der Waals surface area contributed by atoms with Crippen molar-refractivity contribution < 1.29 is 9.47 Å². The van der Waals surface area contributed by atoms with Gasteiger partial charge in [0.15, 0.2) is 0 Å². The van der Waals surface area contributed by atoms with Crippen LogP contribution in [-0.2, 0) is 6.61 Å². The molecule has 108 valence electrons. The van der Waals surface area contributed by atoms with Crippen LogP contribution in [0, 0.1) is 18.8 Å². The van der Waals surface area contributed by atoms with E-state index >= 15 is 0 Å². The molecule has 0 saturated heterocycles. The van der Waals surface area contributed by atoms with Gasteiger partial charge in [-0.05, 0) is 36.8 Å². The van der Waals surface area contributed by atoms with Crippen LogP contribution in [0.1, 0.15) is 16.7 Å². The summed E-state index contributed by atoms with van der Waals surface area (Å²) in [5.74, 6) is 7.46. The second-order valence-corrected chi connectivity index (χ2v) is 4.64. The molecule has 0 radical (unpaired) electrons. The van der Waals surface area contributed by atoms with Gasteiger partial charge in [-0.15, -0.1) is 0 Å². The zero-order chi connectivity index (χ0) is 15.1. The summed E-state index contributed by atoms with van der Waals surface area (Å²) in [5, 5.41) is 0. The minimum Gasteiger partial charge on any atom is -0.495 e. The van der Waals surface area contributed by atoms with Gasteiger partial charge in [-0.2, -0.15) is 0 Å². The van der Waals surface area contributed by atoms with Crippen molar-refractivity contribution >= 4 is 0 Å². The van der Waals surface area contributed by atoms with E-state index in [4.69, 9.17) is 15.2 Å². The minimum atomic E-state index is 0.327. The van der Waals surface area contributed by atoms with Gasteiger partial charge in [-0.3, -0.25) is 0 Å². The first-order chi connectivity index (χ1) is 10.2. The summed E-state index contributed by atoms with van der Waals surface area (Å²) in [7, 11) is 1.63. The Morgan fingerprint density at radius 2 is 1.86 bits per heavy atom. The lowest BCUT2D eigenvalue weighted by Crippen LogP contribution is -1.98. The fraction of sp³-hybridized carbons (Fsp3) is 0.222. The lowest BCUT2D eigenvalue weighted by Gasteiger charge is -2.09. The SMILES string of the molecule is COc1ccc(COc2ccc(C)cc2)cc1C#CCN. The Bertz CT molecular complexity index is 651. The van der Waals surface area contributed by atoms with E-state index in [9.17, 15) is 0 Å². The van der Waals surface area contributed by atoms with Crippen molar-refractivity contribution in [1.82, 2.24) is 0 Å². The highest BCUT2D eigenvalue weighted by Gasteiger charge is 2.03.